The van der Waals surface area contributed by atoms with Crippen LogP contribution < -0.4 is 5.32 Å². The topological polar surface area (TPSA) is 84.2 Å². The van der Waals surface area contributed by atoms with E-state index in [2.05, 4.69) is 10.4 Å². The highest BCUT2D eigenvalue weighted by molar-refractivity contribution is 5.97. The molecule has 0 radical (unpaired) electrons. The molecule has 0 aliphatic rings. The van der Waals surface area contributed by atoms with E-state index < -0.39 is 17.9 Å². The van der Waals surface area contributed by atoms with Crippen molar-refractivity contribution >= 4 is 11.9 Å². The normalized spacial score (nSPS) is 12.0. The number of carboxylic acid groups (broad SMARTS) is 1. The number of amides is 1. The predicted octanol–water partition coefficient (Wildman–Crippen LogP) is 2.00. The molecular formula is C16H19N3O3. The van der Waals surface area contributed by atoms with Gasteiger partial charge in [0, 0.05) is 0 Å². The van der Waals surface area contributed by atoms with Gasteiger partial charge >= 0.3 is 5.97 Å². The van der Waals surface area contributed by atoms with Crippen molar-refractivity contribution in [2.45, 2.75) is 33.7 Å². The van der Waals surface area contributed by atoms with Crippen molar-refractivity contribution in [3.05, 3.63) is 46.8 Å². The highest BCUT2D eigenvalue weighted by Gasteiger charge is 2.20. The maximum atomic E-state index is 12.1. The molecule has 1 unspecified atom stereocenters. The van der Waals surface area contributed by atoms with Crippen molar-refractivity contribution in [1.29, 1.82) is 0 Å². The Bertz CT molecular complexity index is 734. The van der Waals surface area contributed by atoms with Crippen LogP contribution in [0.25, 0.3) is 5.69 Å². The third-order valence-corrected chi connectivity index (χ3v) is 3.57. The molecule has 6 nitrogen and oxygen atoms in total. The van der Waals surface area contributed by atoms with E-state index in [1.807, 2.05) is 32.0 Å². The molecule has 1 aromatic carbocycles. The fourth-order valence-corrected chi connectivity index (χ4v) is 2.16. The molecule has 0 aliphatic carbocycles. The molecule has 0 fully saturated rings. The number of rotatable bonds is 4. The van der Waals surface area contributed by atoms with Crippen molar-refractivity contribution in [2.75, 3.05) is 0 Å². The molecule has 0 bridgehead atoms. The van der Waals surface area contributed by atoms with Crippen LogP contribution in [0, 0.1) is 20.8 Å². The number of carbonyl (C=O) groups excluding carboxylic acids is 1. The molecule has 22 heavy (non-hydrogen) atoms. The van der Waals surface area contributed by atoms with Crippen LogP contribution in [0.3, 0.4) is 0 Å². The van der Waals surface area contributed by atoms with E-state index in [1.165, 1.54) is 13.1 Å². The molecule has 116 valence electrons. The Morgan fingerprint density at radius 3 is 2.59 bits per heavy atom. The van der Waals surface area contributed by atoms with Crippen molar-refractivity contribution in [2.24, 2.45) is 0 Å². The number of nitrogens with zero attached hydrogens (tertiary/aromatic N) is 2. The lowest BCUT2D eigenvalue weighted by Crippen LogP contribution is -2.38. The fourth-order valence-electron chi connectivity index (χ4n) is 2.16. The second kappa shape index (κ2) is 6.01. The van der Waals surface area contributed by atoms with Crippen LogP contribution in [0.15, 0.2) is 24.4 Å². The predicted molar refractivity (Wildman–Crippen MR) is 82.3 cm³/mol. The molecule has 0 spiro atoms. The Morgan fingerprint density at radius 2 is 1.95 bits per heavy atom. The second-order valence-corrected chi connectivity index (χ2v) is 5.38. The number of aromatic nitrogens is 2. The molecule has 2 aromatic rings. The van der Waals surface area contributed by atoms with Gasteiger partial charge in [-0.05, 0) is 44.9 Å². The summed E-state index contributed by atoms with van der Waals surface area (Å²) in [5.41, 5.74) is 4.09. The van der Waals surface area contributed by atoms with Crippen LogP contribution in [0.2, 0.25) is 0 Å². The first-order valence-electron chi connectivity index (χ1n) is 6.97. The maximum Gasteiger partial charge on any atom is 0.325 e. The van der Waals surface area contributed by atoms with Crippen LogP contribution in [0.4, 0.5) is 0 Å². The fraction of sp³-hybridized carbons (Fsp3) is 0.312. The van der Waals surface area contributed by atoms with Gasteiger partial charge in [0.2, 0.25) is 0 Å². The number of hydrogen-bond donors (Lipinski definition) is 2. The van der Waals surface area contributed by atoms with Gasteiger partial charge in [-0.3, -0.25) is 9.59 Å². The minimum Gasteiger partial charge on any atom is -0.480 e. The van der Waals surface area contributed by atoms with Crippen LogP contribution in [-0.2, 0) is 4.79 Å². The summed E-state index contributed by atoms with van der Waals surface area (Å²) in [4.78, 5) is 23.0. The van der Waals surface area contributed by atoms with Gasteiger partial charge in [0.05, 0.1) is 23.1 Å². The lowest BCUT2D eigenvalue weighted by molar-refractivity contribution is -0.138. The standard InChI is InChI=1S/C16H19N3O3/c1-9-5-6-10(2)14(7-9)19-12(4)13(8-17-19)15(20)18-11(3)16(21)22/h5-8,11H,1-4H3,(H,18,20)(H,21,22). The van der Waals surface area contributed by atoms with E-state index in [4.69, 9.17) is 5.11 Å². The first-order chi connectivity index (χ1) is 10.3. The van der Waals surface area contributed by atoms with E-state index in [9.17, 15) is 9.59 Å². The number of carbonyl (C=O) groups is 2. The van der Waals surface area contributed by atoms with Gasteiger partial charge in [-0.2, -0.15) is 5.10 Å². The lowest BCUT2D eigenvalue weighted by Gasteiger charge is -2.11. The summed E-state index contributed by atoms with van der Waals surface area (Å²) in [5, 5.41) is 15.6. The van der Waals surface area contributed by atoms with E-state index >= 15 is 0 Å². The molecule has 1 atom stereocenters. The summed E-state index contributed by atoms with van der Waals surface area (Å²) < 4.78 is 1.70. The summed E-state index contributed by atoms with van der Waals surface area (Å²) in [6.45, 7) is 7.17. The highest BCUT2D eigenvalue weighted by Crippen LogP contribution is 2.19. The SMILES string of the molecule is Cc1ccc(C)c(-n2ncc(C(=O)NC(C)C(=O)O)c2C)c1. The van der Waals surface area contributed by atoms with Gasteiger partial charge in [-0.1, -0.05) is 12.1 Å². The largest absolute Gasteiger partial charge is 0.480 e. The molecule has 0 saturated carbocycles. The molecule has 6 heteroatoms. The van der Waals surface area contributed by atoms with Gasteiger partial charge in [-0.15, -0.1) is 0 Å². The Kier molecular flexibility index (Phi) is 4.30. The first-order valence-corrected chi connectivity index (χ1v) is 6.97. The number of aryl methyl sites for hydroxylation is 2. The summed E-state index contributed by atoms with van der Waals surface area (Å²) in [6.07, 6.45) is 1.46. The minimum absolute atomic E-state index is 0.369. The molecule has 1 aromatic heterocycles. The average Bonchev–Trinajstić information content (AvgIpc) is 2.83. The zero-order valence-electron chi connectivity index (χ0n) is 13.0. The van der Waals surface area contributed by atoms with E-state index in [0.717, 1.165) is 16.8 Å². The van der Waals surface area contributed by atoms with Crippen LogP contribution in [0.1, 0.15) is 34.1 Å². The average molecular weight is 301 g/mol. The van der Waals surface area contributed by atoms with E-state index in [-0.39, 0.29) is 0 Å². The van der Waals surface area contributed by atoms with Gasteiger partial charge in [0.15, 0.2) is 0 Å². The molecule has 0 saturated heterocycles. The highest BCUT2D eigenvalue weighted by atomic mass is 16.4. The Hall–Kier alpha value is -2.63. The lowest BCUT2D eigenvalue weighted by atomic mass is 10.1. The maximum absolute atomic E-state index is 12.1. The molecule has 1 amide bonds. The van der Waals surface area contributed by atoms with E-state index in [0.29, 0.717) is 11.3 Å². The smallest absolute Gasteiger partial charge is 0.325 e. The van der Waals surface area contributed by atoms with Crippen LogP contribution in [-0.4, -0.2) is 32.8 Å². The number of hydrogen-bond acceptors (Lipinski definition) is 3. The van der Waals surface area contributed by atoms with Gasteiger partial charge in [0.25, 0.3) is 5.91 Å². The zero-order valence-corrected chi connectivity index (χ0v) is 13.0. The van der Waals surface area contributed by atoms with Crippen molar-refractivity contribution in [1.82, 2.24) is 15.1 Å². The van der Waals surface area contributed by atoms with E-state index in [1.54, 1.807) is 11.6 Å². The number of benzene rings is 1. The van der Waals surface area contributed by atoms with Crippen LogP contribution in [0.5, 0.6) is 0 Å². The third kappa shape index (κ3) is 3.00. The quantitative estimate of drug-likeness (QED) is 0.904. The Balaban J connectivity index is 2.35. The summed E-state index contributed by atoms with van der Waals surface area (Å²) in [5.74, 6) is -1.52. The van der Waals surface area contributed by atoms with Gasteiger partial charge in [-0.25, -0.2) is 4.68 Å². The Morgan fingerprint density at radius 1 is 1.27 bits per heavy atom. The minimum atomic E-state index is -1.08. The molecular weight excluding hydrogens is 282 g/mol. The van der Waals surface area contributed by atoms with Crippen molar-refractivity contribution in [3.8, 4) is 5.69 Å². The second-order valence-electron chi connectivity index (χ2n) is 5.38. The molecule has 0 aliphatic heterocycles. The van der Waals surface area contributed by atoms with Crippen molar-refractivity contribution < 1.29 is 14.7 Å². The monoisotopic (exact) mass is 301 g/mol. The molecule has 2 N–H and O–H groups in total. The third-order valence-electron chi connectivity index (χ3n) is 3.57. The van der Waals surface area contributed by atoms with Crippen LogP contribution >= 0.6 is 0 Å². The summed E-state index contributed by atoms with van der Waals surface area (Å²) >= 11 is 0. The number of carboxylic acids is 1. The molecule has 2 rings (SSSR count). The van der Waals surface area contributed by atoms with Gasteiger partial charge in [0.1, 0.15) is 6.04 Å². The number of nitrogens with one attached hydrogen (secondary N) is 1. The number of aliphatic carboxylic acids is 1. The summed E-state index contributed by atoms with van der Waals surface area (Å²) in [7, 11) is 0. The first kappa shape index (κ1) is 15.8. The zero-order chi connectivity index (χ0) is 16.4. The summed E-state index contributed by atoms with van der Waals surface area (Å²) in [6, 6.07) is 5.06. The van der Waals surface area contributed by atoms with Gasteiger partial charge < -0.3 is 10.4 Å². The molecule has 1 heterocycles. The van der Waals surface area contributed by atoms with Crippen molar-refractivity contribution in [3.63, 3.8) is 0 Å². The Labute approximate surface area is 128 Å².